The molecule has 4 heteroatoms. The summed E-state index contributed by atoms with van der Waals surface area (Å²) in [4.78, 5) is 4.33. The molecule has 3 N–H and O–H groups in total. The van der Waals surface area contributed by atoms with Crippen LogP contribution >= 0.6 is 0 Å². The van der Waals surface area contributed by atoms with Gasteiger partial charge in [0.25, 0.3) is 0 Å². The van der Waals surface area contributed by atoms with Crippen molar-refractivity contribution >= 4 is 0 Å². The SMILES string of the molecule is Cc1cc(C(NN)c2ccco2)cc(C)n1. The van der Waals surface area contributed by atoms with E-state index in [0.29, 0.717) is 0 Å². The van der Waals surface area contributed by atoms with Crippen molar-refractivity contribution in [1.82, 2.24) is 10.4 Å². The summed E-state index contributed by atoms with van der Waals surface area (Å²) in [5.41, 5.74) is 5.76. The molecule has 0 spiro atoms. The van der Waals surface area contributed by atoms with Crippen molar-refractivity contribution in [3.8, 4) is 0 Å². The Morgan fingerprint density at radius 2 is 2.00 bits per heavy atom. The highest BCUT2D eigenvalue weighted by Crippen LogP contribution is 2.22. The van der Waals surface area contributed by atoms with Gasteiger partial charge in [-0.25, -0.2) is 5.43 Å². The van der Waals surface area contributed by atoms with E-state index in [9.17, 15) is 0 Å². The van der Waals surface area contributed by atoms with Gasteiger partial charge in [-0.15, -0.1) is 0 Å². The number of nitrogens with one attached hydrogen (secondary N) is 1. The number of rotatable bonds is 3. The predicted molar refractivity (Wildman–Crippen MR) is 61.6 cm³/mol. The highest BCUT2D eigenvalue weighted by Gasteiger charge is 2.15. The molecule has 1 atom stereocenters. The zero-order valence-corrected chi connectivity index (χ0v) is 9.40. The maximum Gasteiger partial charge on any atom is 0.126 e. The topological polar surface area (TPSA) is 64.1 Å². The number of nitrogens with two attached hydrogens (primary N) is 1. The lowest BCUT2D eigenvalue weighted by molar-refractivity contribution is 0.452. The van der Waals surface area contributed by atoms with Crippen LogP contribution in [0.15, 0.2) is 34.9 Å². The first-order valence-electron chi connectivity index (χ1n) is 5.15. The van der Waals surface area contributed by atoms with Gasteiger partial charge in [0.05, 0.1) is 6.26 Å². The third-order valence-corrected chi connectivity index (χ3v) is 2.43. The molecule has 2 rings (SSSR count). The van der Waals surface area contributed by atoms with Gasteiger partial charge in [0.15, 0.2) is 0 Å². The minimum atomic E-state index is -0.129. The summed E-state index contributed by atoms with van der Waals surface area (Å²) in [6.45, 7) is 3.93. The van der Waals surface area contributed by atoms with Crippen LogP contribution in [-0.4, -0.2) is 4.98 Å². The molecule has 2 aromatic rings. The van der Waals surface area contributed by atoms with E-state index in [-0.39, 0.29) is 6.04 Å². The first kappa shape index (κ1) is 10.9. The summed E-state index contributed by atoms with van der Waals surface area (Å²) in [6, 6.07) is 7.62. The molecule has 0 aliphatic carbocycles. The molecule has 84 valence electrons. The number of aromatic nitrogens is 1. The number of nitrogens with zero attached hydrogens (tertiary/aromatic N) is 1. The van der Waals surface area contributed by atoms with Crippen LogP contribution in [0, 0.1) is 13.8 Å². The van der Waals surface area contributed by atoms with Crippen molar-refractivity contribution < 1.29 is 4.42 Å². The van der Waals surface area contributed by atoms with Gasteiger partial charge in [0.2, 0.25) is 0 Å². The molecule has 0 saturated heterocycles. The van der Waals surface area contributed by atoms with Crippen LogP contribution in [0.1, 0.15) is 28.8 Å². The normalized spacial score (nSPS) is 12.7. The summed E-state index contributed by atoms with van der Waals surface area (Å²) in [5, 5.41) is 0. The lowest BCUT2D eigenvalue weighted by atomic mass is 10.0. The molecular formula is C12H15N3O. The Balaban J connectivity index is 2.41. The second kappa shape index (κ2) is 4.47. The fraction of sp³-hybridized carbons (Fsp3) is 0.250. The van der Waals surface area contributed by atoms with Crippen LogP contribution in [0.25, 0.3) is 0 Å². The molecule has 1 unspecified atom stereocenters. The van der Waals surface area contributed by atoms with E-state index < -0.39 is 0 Å². The molecule has 0 radical (unpaired) electrons. The molecule has 0 saturated carbocycles. The molecular weight excluding hydrogens is 202 g/mol. The summed E-state index contributed by atoms with van der Waals surface area (Å²) < 4.78 is 5.36. The van der Waals surface area contributed by atoms with Crippen LogP contribution in [-0.2, 0) is 0 Å². The lowest BCUT2D eigenvalue weighted by Gasteiger charge is -2.14. The maximum atomic E-state index is 5.57. The molecule has 0 amide bonds. The van der Waals surface area contributed by atoms with Crippen LogP contribution < -0.4 is 11.3 Å². The zero-order chi connectivity index (χ0) is 11.5. The monoisotopic (exact) mass is 217 g/mol. The Morgan fingerprint density at radius 1 is 1.31 bits per heavy atom. The van der Waals surface area contributed by atoms with Gasteiger partial charge in [-0.1, -0.05) is 0 Å². The van der Waals surface area contributed by atoms with Gasteiger partial charge in [0.1, 0.15) is 11.8 Å². The molecule has 4 nitrogen and oxygen atoms in total. The van der Waals surface area contributed by atoms with Crippen molar-refractivity contribution in [2.45, 2.75) is 19.9 Å². The van der Waals surface area contributed by atoms with Crippen LogP contribution in [0.5, 0.6) is 0 Å². The third-order valence-electron chi connectivity index (χ3n) is 2.43. The van der Waals surface area contributed by atoms with Gasteiger partial charge >= 0.3 is 0 Å². The highest BCUT2D eigenvalue weighted by molar-refractivity contribution is 5.29. The Hall–Kier alpha value is -1.65. The molecule has 0 aliphatic heterocycles. The average Bonchev–Trinajstić information content (AvgIpc) is 2.70. The quantitative estimate of drug-likeness (QED) is 0.608. The molecule has 16 heavy (non-hydrogen) atoms. The first-order chi connectivity index (χ1) is 7.70. The van der Waals surface area contributed by atoms with E-state index in [4.69, 9.17) is 10.3 Å². The minimum absolute atomic E-state index is 0.129. The Labute approximate surface area is 94.5 Å². The van der Waals surface area contributed by atoms with Crippen LogP contribution in [0.4, 0.5) is 0 Å². The second-order valence-corrected chi connectivity index (χ2v) is 3.80. The van der Waals surface area contributed by atoms with Gasteiger partial charge in [-0.05, 0) is 43.7 Å². The highest BCUT2D eigenvalue weighted by atomic mass is 16.3. The largest absolute Gasteiger partial charge is 0.467 e. The van der Waals surface area contributed by atoms with Gasteiger partial charge in [-0.2, -0.15) is 0 Å². The minimum Gasteiger partial charge on any atom is -0.467 e. The molecule has 2 heterocycles. The molecule has 2 aromatic heterocycles. The van der Waals surface area contributed by atoms with Crippen molar-refractivity contribution in [2.24, 2.45) is 5.84 Å². The van der Waals surface area contributed by atoms with Crippen molar-refractivity contribution in [3.05, 3.63) is 53.2 Å². The van der Waals surface area contributed by atoms with E-state index in [1.807, 2.05) is 38.1 Å². The van der Waals surface area contributed by atoms with Gasteiger partial charge in [-0.3, -0.25) is 10.8 Å². The Kier molecular flexibility index (Phi) is 3.03. The fourth-order valence-corrected chi connectivity index (χ4v) is 1.83. The van der Waals surface area contributed by atoms with E-state index in [1.54, 1.807) is 6.26 Å². The average molecular weight is 217 g/mol. The number of aryl methyl sites for hydroxylation is 2. The van der Waals surface area contributed by atoms with Crippen molar-refractivity contribution in [2.75, 3.05) is 0 Å². The maximum absolute atomic E-state index is 5.57. The van der Waals surface area contributed by atoms with Crippen LogP contribution in [0.3, 0.4) is 0 Å². The third kappa shape index (κ3) is 2.13. The fourth-order valence-electron chi connectivity index (χ4n) is 1.83. The Bertz CT molecular complexity index is 445. The van der Waals surface area contributed by atoms with Crippen molar-refractivity contribution in [3.63, 3.8) is 0 Å². The number of hydrazine groups is 1. The Morgan fingerprint density at radius 3 is 2.50 bits per heavy atom. The number of furan rings is 1. The molecule has 0 aliphatic rings. The summed E-state index contributed by atoms with van der Waals surface area (Å²) in [6.07, 6.45) is 1.64. The molecule has 0 bridgehead atoms. The van der Waals surface area contributed by atoms with Gasteiger partial charge < -0.3 is 4.42 Å². The smallest absolute Gasteiger partial charge is 0.126 e. The van der Waals surface area contributed by atoms with E-state index in [2.05, 4.69) is 10.4 Å². The summed E-state index contributed by atoms with van der Waals surface area (Å²) in [7, 11) is 0. The van der Waals surface area contributed by atoms with E-state index in [0.717, 1.165) is 22.7 Å². The van der Waals surface area contributed by atoms with E-state index in [1.165, 1.54) is 0 Å². The van der Waals surface area contributed by atoms with Crippen molar-refractivity contribution in [1.29, 1.82) is 0 Å². The second-order valence-electron chi connectivity index (χ2n) is 3.80. The molecule has 0 aromatic carbocycles. The van der Waals surface area contributed by atoms with E-state index >= 15 is 0 Å². The lowest BCUT2D eigenvalue weighted by Crippen LogP contribution is -2.28. The zero-order valence-electron chi connectivity index (χ0n) is 9.40. The van der Waals surface area contributed by atoms with Gasteiger partial charge in [0, 0.05) is 11.4 Å². The number of hydrogen-bond donors (Lipinski definition) is 2. The first-order valence-corrected chi connectivity index (χ1v) is 5.15. The molecule has 0 fully saturated rings. The van der Waals surface area contributed by atoms with Crippen LogP contribution in [0.2, 0.25) is 0 Å². The summed E-state index contributed by atoms with van der Waals surface area (Å²) >= 11 is 0. The predicted octanol–water partition coefficient (Wildman–Crippen LogP) is 1.84. The standard InChI is InChI=1S/C12H15N3O/c1-8-6-10(7-9(2)14-8)12(15-13)11-4-3-5-16-11/h3-7,12,15H,13H2,1-2H3. The summed E-state index contributed by atoms with van der Waals surface area (Å²) in [5.74, 6) is 6.36. The number of hydrogen-bond acceptors (Lipinski definition) is 4. The number of pyridine rings is 1.